The Morgan fingerprint density at radius 1 is 1.04 bits per heavy atom. The summed E-state index contributed by atoms with van der Waals surface area (Å²) < 4.78 is 5.83. The van der Waals surface area contributed by atoms with Crippen LogP contribution < -0.4 is 15.4 Å². The van der Waals surface area contributed by atoms with Gasteiger partial charge in [-0.05, 0) is 63.4 Å². The first-order valence-corrected chi connectivity index (χ1v) is 9.27. The van der Waals surface area contributed by atoms with Gasteiger partial charge in [0.25, 0.3) is 11.8 Å². The molecule has 2 atom stereocenters. The molecule has 2 rings (SSSR count). The van der Waals surface area contributed by atoms with Crippen molar-refractivity contribution < 1.29 is 14.3 Å². The molecule has 0 radical (unpaired) electrons. The van der Waals surface area contributed by atoms with Crippen LogP contribution in [0.2, 0.25) is 0 Å². The van der Waals surface area contributed by atoms with Gasteiger partial charge in [0.15, 0.2) is 6.10 Å². The molecule has 0 aliphatic carbocycles. The summed E-state index contributed by atoms with van der Waals surface area (Å²) >= 11 is 0. The molecule has 5 heteroatoms. The maximum absolute atomic E-state index is 12.6. The second kappa shape index (κ2) is 9.21. The predicted molar refractivity (Wildman–Crippen MR) is 108 cm³/mol. The molecule has 2 aromatic carbocycles. The van der Waals surface area contributed by atoms with Gasteiger partial charge in [-0.1, -0.05) is 31.2 Å². The fourth-order valence-corrected chi connectivity index (χ4v) is 2.52. The van der Waals surface area contributed by atoms with Crippen molar-refractivity contribution >= 4 is 17.5 Å². The van der Waals surface area contributed by atoms with E-state index in [1.807, 2.05) is 45.9 Å². The number of aryl methyl sites for hydroxylation is 1. The van der Waals surface area contributed by atoms with Gasteiger partial charge in [-0.25, -0.2) is 0 Å². The molecule has 0 bridgehead atoms. The number of anilines is 1. The number of para-hydroxylation sites is 1. The summed E-state index contributed by atoms with van der Waals surface area (Å²) in [6, 6.07) is 12.8. The van der Waals surface area contributed by atoms with Crippen LogP contribution in [0.15, 0.2) is 42.5 Å². The lowest BCUT2D eigenvalue weighted by Crippen LogP contribution is -2.34. The molecular formula is C22H28N2O3. The molecule has 5 nitrogen and oxygen atoms in total. The maximum Gasteiger partial charge on any atom is 0.265 e. The highest BCUT2D eigenvalue weighted by molar-refractivity contribution is 6.04. The number of ether oxygens (including phenoxy) is 1. The third-order valence-electron chi connectivity index (χ3n) is 4.65. The molecule has 0 saturated carbocycles. The van der Waals surface area contributed by atoms with Crippen LogP contribution in [-0.2, 0) is 4.79 Å². The number of rotatable bonds is 7. The number of carbonyl (C=O) groups excluding carboxylic acids is 2. The average molecular weight is 368 g/mol. The number of hydrogen-bond donors (Lipinski definition) is 2. The Hall–Kier alpha value is -2.82. The number of nitrogens with one attached hydrogen (secondary N) is 2. The summed E-state index contributed by atoms with van der Waals surface area (Å²) in [5.74, 6) is 0.170. The maximum atomic E-state index is 12.6. The quantitative estimate of drug-likeness (QED) is 0.768. The Labute approximate surface area is 161 Å². The molecule has 27 heavy (non-hydrogen) atoms. The Balaban J connectivity index is 2.11. The zero-order valence-electron chi connectivity index (χ0n) is 16.6. The van der Waals surface area contributed by atoms with Crippen LogP contribution in [-0.4, -0.2) is 24.0 Å². The van der Waals surface area contributed by atoms with Crippen molar-refractivity contribution in [2.75, 3.05) is 5.32 Å². The molecule has 0 saturated heterocycles. The van der Waals surface area contributed by atoms with Gasteiger partial charge >= 0.3 is 0 Å². The van der Waals surface area contributed by atoms with Crippen LogP contribution in [0.4, 0.5) is 5.69 Å². The highest BCUT2D eigenvalue weighted by atomic mass is 16.5. The molecule has 0 fully saturated rings. The van der Waals surface area contributed by atoms with Gasteiger partial charge in [0.05, 0.1) is 11.3 Å². The third-order valence-corrected chi connectivity index (χ3v) is 4.65. The zero-order valence-corrected chi connectivity index (χ0v) is 16.6. The predicted octanol–water partition coefficient (Wildman–Crippen LogP) is 4.24. The first-order valence-electron chi connectivity index (χ1n) is 9.27. The van der Waals surface area contributed by atoms with Crippen molar-refractivity contribution in [1.82, 2.24) is 5.32 Å². The summed E-state index contributed by atoms with van der Waals surface area (Å²) in [5, 5.41) is 5.73. The fourth-order valence-electron chi connectivity index (χ4n) is 2.52. The minimum atomic E-state index is -0.698. The SMILES string of the molecule is CC[C@@H](C)NC(=O)c1ccccc1NC(=O)[C@H](C)Oc1cccc(C)c1C. The van der Waals surface area contributed by atoms with Crippen LogP contribution in [0.5, 0.6) is 5.75 Å². The third kappa shape index (κ3) is 5.33. The molecule has 2 aromatic rings. The van der Waals surface area contributed by atoms with Crippen molar-refractivity contribution in [3.05, 3.63) is 59.2 Å². The van der Waals surface area contributed by atoms with Gasteiger partial charge in [0.1, 0.15) is 5.75 Å². The van der Waals surface area contributed by atoms with E-state index in [0.29, 0.717) is 17.0 Å². The second-order valence-electron chi connectivity index (χ2n) is 6.78. The van der Waals surface area contributed by atoms with E-state index in [1.165, 1.54) is 0 Å². The van der Waals surface area contributed by atoms with Gasteiger partial charge < -0.3 is 15.4 Å². The summed E-state index contributed by atoms with van der Waals surface area (Å²) in [4.78, 5) is 25.1. The minimum absolute atomic E-state index is 0.0628. The van der Waals surface area contributed by atoms with E-state index in [1.54, 1.807) is 31.2 Å². The van der Waals surface area contributed by atoms with Gasteiger partial charge in [0.2, 0.25) is 0 Å². The molecule has 0 aliphatic heterocycles. The van der Waals surface area contributed by atoms with Crippen LogP contribution in [0.1, 0.15) is 48.7 Å². The molecule has 0 unspecified atom stereocenters. The highest BCUT2D eigenvalue weighted by Gasteiger charge is 2.19. The Bertz CT molecular complexity index is 817. The van der Waals surface area contributed by atoms with Crippen LogP contribution >= 0.6 is 0 Å². The fraction of sp³-hybridized carbons (Fsp3) is 0.364. The van der Waals surface area contributed by atoms with E-state index in [9.17, 15) is 9.59 Å². The monoisotopic (exact) mass is 368 g/mol. The number of hydrogen-bond acceptors (Lipinski definition) is 3. The van der Waals surface area contributed by atoms with E-state index in [-0.39, 0.29) is 17.9 Å². The van der Waals surface area contributed by atoms with Crippen molar-refractivity contribution in [2.45, 2.75) is 53.2 Å². The van der Waals surface area contributed by atoms with Crippen molar-refractivity contribution in [3.63, 3.8) is 0 Å². The van der Waals surface area contributed by atoms with E-state index >= 15 is 0 Å². The van der Waals surface area contributed by atoms with Crippen molar-refractivity contribution in [3.8, 4) is 5.75 Å². The summed E-state index contributed by atoms with van der Waals surface area (Å²) in [5.41, 5.74) is 3.02. The standard InChI is InChI=1S/C22H28N2O3/c1-6-15(3)23-22(26)18-11-7-8-12-19(18)24-21(25)17(5)27-20-13-9-10-14(2)16(20)4/h7-13,15,17H,6H2,1-5H3,(H,23,26)(H,24,25)/t15-,17+/m1/s1. The number of amides is 2. The Morgan fingerprint density at radius 2 is 1.74 bits per heavy atom. The topological polar surface area (TPSA) is 67.4 Å². The highest BCUT2D eigenvalue weighted by Crippen LogP contribution is 2.22. The van der Waals surface area contributed by atoms with E-state index in [0.717, 1.165) is 17.5 Å². The van der Waals surface area contributed by atoms with Crippen LogP contribution in [0, 0.1) is 13.8 Å². The lowest BCUT2D eigenvalue weighted by Gasteiger charge is -2.19. The van der Waals surface area contributed by atoms with Gasteiger partial charge in [-0.3, -0.25) is 9.59 Å². The molecule has 0 heterocycles. The molecule has 2 amide bonds. The average Bonchev–Trinajstić information content (AvgIpc) is 2.65. The first-order chi connectivity index (χ1) is 12.8. The van der Waals surface area contributed by atoms with E-state index in [2.05, 4.69) is 10.6 Å². The summed E-state index contributed by atoms with van der Waals surface area (Å²) in [6.45, 7) is 9.60. The van der Waals surface area contributed by atoms with E-state index < -0.39 is 6.10 Å². The van der Waals surface area contributed by atoms with Gasteiger partial charge in [0, 0.05) is 6.04 Å². The second-order valence-corrected chi connectivity index (χ2v) is 6.78. The van der Waals surface area contributed by atoms with Gasteiger partial charge in [-0.15, -0.1) is 0 Å². The lowest BCUT2D eigenvalue weighted by molar-refractivity contribution is -0.122. The molecule has 0 aromatic heterocycles. The molecular weight excluding hydrogens is 340 g/mol. The summed E-state index contributed by atoms with van der Waals surface area (Å²) in [7, 11) is 0. The van der Waals surface area contributed by atoms with Crippen molar-refractivity contribution in [2.24, 2.45) is 0 Å². The van der Waals surface area contributed by atoms with Crippen molar-refractivity contribution in [1.29, 1.82) is 0 Å². The largest absolute Gasteiger partial charge is 0.481 e. The van der Waals surface area contributed by atoms with Gasteiger partial charge in [-0.2, -0.15) is 0 Å². The van der Waals surface area contributed by atoms with E-state index in [4.69, 9.17) is 4.74 Å². The number of carbonyl (C=O) groups is 2. The van der Waals surface area contributed by atoms with Crippen LogP contribution in [0.25, 0.3) is 0 Å². The lowest BCUT2D eigenvalue weighted by atomic mass is 10.1. The molecule has 0 spiro atoms. The zero-order chi connectivity index (χ0) is 20.0. The van der Waals surface area contributed by atoms with Crippen LogP contribution in [0.3, 0.4) is 0 Å². The normalized spacial score (nSPS) is 12.8. The summed E-state index contributed by atoms with van der Waals surface area (Å²) in [6.07, 6.45) is 0.136. The first kappa shape index (κ1) is 20.5. The molecule has 144 valence electrons. The molecule has 0 aliphatic rings. The Kier molecular flexibility index (Phi) is 6.99. The number of benzene rings is 2. The smallest absolute Gasteiger partial charge is 0.265 e. The molecule has 2 N–H and O–H groups in total. The minimum Gasteiger partial charge on any atom is -0.481 e. The Morgan fingerprint density at radius 3 is 2.44 bits per heavy atom.